The lowest BCUT2D eigenvalue weighted by atomic mass is 9.96. The largest absolute Gasteiger partial charge is 0.486 e. The third-order valence-electron chi connectivity index (χ3n) is 5.00. The molecule has 5 N–H and O–H groups in total. The van der Waals surface area contributed by atoms with Crippen LogP contribution in [0.25, 0.3) is 0 Å². The first kappa shape index (κ1) is 21.1. The molecule has 0 radical (unpaired) electrons. The third-order valence-corrected chi connectivity index (χ3v) is 5.00. The van der Waals surface area contributed by atoms with Crippen molar-refractivity contribution >= 4 is 11.6 Å². The number of rotatable bonds is 8. The summed E-state index contributed by atoms with van der Waals surface area (Å²) in [5.41, 5.74) is 6.21. The van der Waals surface area contributed by atoms with Gasteiger partial charge in [-0.05, 0) is 5.92 Å². The average molecular weight is 403 g/mol. The summed E-state index contributed by atoms with van der Waals surface area (Å²) in [6, 6.07) is 3.78. The van der Waals surface area contributed by atoms with Gasteiger partial charge in [-0.3, -0.25) is 9.78 Å². The molecular formula is C18H25N7O4. The summed E-state index contributed by atoms with van der Waals surface area (Å²) in [6.07, 6.45) is 2.29. The number of nitriles is 1. The molecule has 2 saturated heterocycles. The van der Waals surface area contributed by atoms with Gasteiger partial charge in [0.15, 0.2) is 6.17 Å². The molecule has 3 atom stereocenters. The zero-order chi connectivity index (χ0) is 20.6. The average Bonchev–Trinajstić information content (AvgIpc) is 3.24. The molecule has 11 nitrogen and oxygen atoms in total. The second-order valence-electron chi connectivity index (χ2n) is 7.11. The van der Waals surface area contributed by atoms with Gasteiger partial charge < -0.3 is 31.2 Å². The Labute approximate surface area is 168 Å². The van der Waals surface area contributed by atoms with E-state index in [0.717, 1.165) is 6.42 Å². The van der Waals surface area contributed by atoms with Crippen LogP contribution in [0.4, 0.5) is 5.69 Å². The van der Waals surface area contributed by atoms with E-state index >= 15 is 0 Å². The van der Waals surface area contributed by atoms with Crippen molar-refractivity contribution < 1.29 is 14.3 Å². The first-order valence-electron chi connectivity index (χ1n) is 9.53. The SMILES string of the molecule is N#CCC1CNC(C(C(=O)Nc2cnccc2O[C@@H]2CCOC2)C(N)N=O)NC1. The molecule has 0 aliphatic carbocycles. The molecule has 2 fully saturated rings. The van der Waals surface area contributed by atoms with Crippen LogP contribution in [0.2, 0.25) is 0 Å². The molecule has 29 heavy (non-hydrogen) atoms. The molecule has 3 heterocycles. The Morgan fingerprint density at radius 1 is 1.52 bits per heavy atom. The summed E-state index contributed by atoms with van der Waals surface area (Å²) in [7, 11) is 0. The number of nitrogens with zero attached hydrogens (tertiary/aromatic N) is 3. The molecule has 156 valence electrons. The highest BCUT2D eigenvalue weighted by Crippen LogP contribution is 2.27. The zero-order valence-corrected chi connectivity index (χ0v) is 15.9. The molecule has 1 aromatic rings. The van der Waals surface area contributed by atoms with Crippen LogP contribution < -0.4 is 26.4 Å². The van der Waals surface area contributed by atoms with Crippen molar-refractivity contribution in [2.45, 2.75) is 31.3 Å². The van der Waals surface area contributed by atoms with Crippen LogP contribution in [0.5, 0.6) is 5.75 Å². The van der Waals surface area contributed by atoms with Gasteiger partial charge in [0.05, 0.1) is 31.6 Å². The Morgan fingerprint density at radius 2 is 2.31 bits per heavy atom. The van der Waals surface area contributed by atoms with Gasteiger partial charge in [-0.25, -0.2) is 0 Å². The lowest BCUT2D eigenvalue weighted by Gasteiger charge is -2.35. The number of nitrogens with two attached hydrogens (primary N) is 1. The number of ether oxygens (including phenoxy) is 2. The monoisotopic (exact) mass is 403 g/mol. The van der Waals surface area contributed by atoms with Crippen molar-refractivity contribution in [1.82, 2.24) is 15.6 Å². The van der Waals surface area contributed by atoms with E-state index in [-0.39, 0.29) is 12.0 Å². The Balaban J connectivity index is 1.69. The Bertz CT molecular complexity index is 742. The summed E-state index contributed by atoms with van der Waals surface area (Å²) in [5, 5.41) is 20.7. The van der Waals surface area contributed by atoms with E-state index < -0.39 is 24.2 Å². The minimum atomic E-state index is -1.25. The lowest BCUT2D eigenvalue weighted by molar-refractivity contribution is -0.122. The number of nitroso groups, excluding NO2 is 1. The maximum atomic E-state index is 13.0. The van der Waals surface area contributed by atoms with Crippen LogP contribution in [0.15, 0.2) is 23.6 Å². The Morgan fingerprint density at radius 3 is 2.97 bits per heavy atom. The van der Waals surface area contributed by atoms with Gasteiger partial charge in [0, 0.05) is 38.2 Å². The second kappa shape index (κ2) is 10.2. The number of anilines is 1. The van der Waals surface area contributed by atoms with E-state index in [4.69, 9.17) is 20.5 Å². The highest BCUT2D eigenvalue weighted by atomic mass is 16.5. The number of aromatic nitrogens is 1. The topological polar surface area (TPSA) is 164 Å². The number of hydrogen-bond acceptors (Lipinski definition) is 10. The molecule has 2 aliphatic heterocycles. The van der Waals surface area contributed by atoms with Gasteiger partial charge in [0.1, 0.15) is 23.5 Å². The van der Waals surface area contributed by atoms with Crippen molar-refractivity contribution in [3.63, 3.8) is 0 Å². The van der Waals surface area contributed by atoms with E-state index in [0.29, 0.717) is 44.2 Å². The zero-order valence-electron chi connectivity index (χ0n) is 15.9. The molecule has 1 amide bonds. The second-order valence-corrected chi connectivity index (χ2v) is 7.11. The summed E-state index contributed by atoms with van der Waals surface area (Å²) in [4.78, 5) is 28.1. The summed E-state index contributed by atoms with van der Waals surface area (Å²) < 4.78 is 11.2. The normalized spacial score (nSPS) is 26.1. The molecule has 0 saturated carbocycles. The smallest absolute Gasteiger partial charge is 0.234 e. The van der Waals surface area contributed by atoms with Gasteiger partial charge in [0.25, 0.3) is 0 Å². The summed E-state index contributed by atoms with van der Waals surface area (Å²) in [5.74, 6) is -0.860. The number of nitrogens with one attached hydrogen (secondary N) is 3. The van der Waals surface area contributed by atoms with Gasteiger partial charge in [-0.2, -0.15) is 5.26 Å². The standard InChI is InChI=1S/C18H25N7O4/c19-4-1-11-7-22-17(23-8-11)15(16(20)25-27)18(26)24-13-9-21-5-2-14(13)29-12-3-6-28-10-12/h2,5,9,11-12,15-17,22-23H,1,3,6-8,10,20H2,(H,24,26)/t11?,12-,15?,16?,17?/m1/s1. The highest BCUT2D eigenvalue weighted by molar-refractivity contribution is 5.94. The number of amides is 1. The first-order chi connectivity index (χ1) is 14.1. The van der Waals surface area contributed by atoms with Crippen LogP contribution >= 0.6 is 0 Å². The van der Waals surface area contributed by atoms with Gasteiger partial charge in [0.2, 0.25) is 5.91 Å². The molecule has 2 unspecified atom stereocenters. The van der Waals surface area contributed by atoms with Crippen molar-refractivity contribution in [2.24, 2.45) is 22.7 Å². The van der Waals surface area contributed by atoms with Gasteiger partial charge in [-0.15, -0.1) is 4.91 Å². The molecule has 3 rings (SSSR count). The lowest BCUT2D eigenvalue weighted by Crippen LogP contribution is -2.61. The molecule has 11 heteroatoms. The summed E-state index contributed by atoms with van der Waals surface area (Å²) in [6.45, 7) is 2.18. The Kier molecular flexibility index (Phi) is 7.42. The van der Waals surface area contributed by atoms with E-state index in [9.17, 15) is 9.70 Å². The van der Waals surface area contributed by atoms with E-state index in [2.05, 4.69) is 32.2 Å². The maximum Gasteiger partial charge on any atom is 0.234 e. The number of hydrogen-bond donors (Lipinski definition) is 4. The predicted octanol–water partition coefficient (Wildman–Crippen LogP) is -0.0960. The van der Waals surface area contributed by atoms with Gasteiger partial charge >= 0.3 is 0 Å². The number of pyridine rings is 1. The van der Waals surface area contributed by atoms with Crippen LogP contribution in [-0.4, -0.2) is 55.6 Å². The molecular weight excluding hydrogens is 378 g/mol. The number of carbonyl (C=O) groups excluding carboxylic acids is 1. The first-order valence-corrected chi connectivity index (χ1v) is 9.53. The fraction of sp³-hybridized carbons (Fsp3) is 0.611. The molecule has 1 aromatic heterocycles. The van der Waals surface area contributed by atoms with Crippen molar-refractivity contribution in [1.29, 1.82) is 5.26 Å². The van der Waals surface area contributed by atoms with Crippen molar-refractivity contribution in [2.75, 3.05) is 31.6 Å². The number of carbonyl (C=O) groups is 1. The van der Waals surface area contributed by atoms with Crippen LogP contribution in [0.3, 0.4) is 0 Å². The van der Waals surface area contributed by atoms with E-state index in [1.165, 1.54) is 6.20 Å². The Hall–Kier alpha value is -2.65. The minimum absolute atomic E-state index is 0.0958. The fourth-order valence-electron chi connectivity index (χ4n) is 3.41. The quantitative estimate of drug-likeness (QED) is 0.434. The molecule has 0 spiro atoms. The van der Waals surface area contributed by atoms with Crippen LogP contribution in [0, 0.1) is 28.1 Å². The van der Waals surface area contributed by atoms with Crippen molar-refractivity contribution in [3.05, 3.63) is 23.4 Å². The third kappa shape index (κ3) is 5.45. The predicted molar refractivity (Wildman–Crippen MR) is 103 cm³/mol. The maximum absolute atomic E-state index is 13.0. The summed E-state index contributed by atoms with van der Waals surface area (Å²) >= 11 is 0. The van der Waals surface area contributed by atoms with Crippen LogP contribution in [-0.2, 0) is 9.53 Å². The minimum Gasteiger partial charge on any atom is -0.486 e. The van der Waals surface area contributed by atoms with Crippen molar-refractivity contribution in [3.8, 4) is 11.8 Å². The van der Waals surface area contributed by atoms with E-state index in [1.807, 2.05) is 0 Å². The highest BCUT2D eigenvalue weighted by Gasteiger charge is 2.37. The molecule has 0 aromatic carbocycles. The van der Waals surface area contributed by atoms with Gasteiger partial charge in [-0.1, -0.05) is 5.18 Å². The fourth-order valence-corrected chi connectivity index (χ4v) is 3.41. The van der Waals surface area contributed by atoms with E-state index in [1.54, 1.807) is 12.3 Å². The molecule has 0 bridgehead atoms. The van der Waals surface area contributed by atoms with Crippen LogP contribution in [0.1, 0.15) is 12.8 Å². The molecule has 2 aliphatic rings.